The second kappa shape index (κ2) is 9.33. The summed E-state index contributed by atoms with van der Waals surface area (Å²) in [5.74, 6) is -1.27. The van der Waals surface area contributed by atoms with Crippen molar-refractivity contribution in [2.75, 3.05) is 13.1 Å². The van der Waals surface area contributed by atoms with Crippen molar-refractivity contribution in [3.63, 3.8) is 0 Å². The van der Waals surface area contributed by atoms with E-state index in [0.29, 0.717) is 61.5 Å². The van der Waals surface area contributed by atoms with E-state index < -0.39 is 17.7 Å². The number of hydrogen-bond acceptors (Lipinski definition) is 5. The number of allylic oxidation sites excluding steroid dienone is 3. The number of aryl methyl sites for hydroxylation is 1. The molecule has 1 unspecified atom stereocenters. The van der Waals surface area contributed by atoms with Crippen LogP contribution in [0.4, 0.5) is 4.39 Å². The van der Waals surface area contributed by atoms with Gasteiger partial charge in [0.25, 0.3) is 5.91 Å². The third kappa shape index (κ3) is 5.07. The number of aromatic nitrogens is 2. The minimum atomic E-state index is -0.758. The molecule has 174 valence electrons. The second-order valence-electron chi connectivity index (χ2n) is 9.16. The highest BCUT2D eigenvalue weighted by atomic mass is 19.1. The number of Topliss-reactive ketones (excluding diaryl/α,β-unsaturated/α-hetero) is 1. The average molecular weight is 454 g/mol. The first-order valence-electron chi connectivity index (χ1n) is 11.3. The minimum Gasteiger partial charge on any atom is -0.343 e. The van der Waals surface area contributed by atoms with Gasteiger partial charge in [0.15, 0.2) is 5.78 Å². The molecular weight excluding hydrogens is 425 g/mol. The van der Waals surface area contributed by atoms with Crippen LogP contribution in [-0.4, -0.2) is 56.9 Å². The van der Waals surface area contributed by atoms with Gasteiger partial charge >= 0.3 is 0 Å². The van der Waals surface area contributed by atoms with Crippen LogP contribution >= 0.6 is 0 Å². The Hall–Kier alpha value is -3.23. The highest BCUT2D eigenvalue weighted by molar-refractivity contribution is 6.23. The van der Waals surface area contributed by atoms with E-state index in [1.54, 1.807) is 35.9 Å². The van der Waals surface area contributed by atoms with E-state index in [9.17, 15) is 18.8 Å². The van der Waals surface area contributed by atoms with Gasteiger partial charge in [-0.05, 0) is 43.4 Å². The number of likely N-dealkylation sites (tertiary alicyclic amines) is 1. The Morgan fingerprint density at radius 2 is 1.97 bits per heavy atom. The van der Waals surface area contributed by atoms with Crippen LogP contribution in [0.5, 0.6) is 0 Å². The molecule has 1 fully saturated rings. The fraction of sp³-hybridized carbons (Fsp3) is 0.500. The van der Waals surface area contributed by atoms with Gasteiger partial charge in [0.05, 0.1) is 17.5 Å². The fourth-order valence-electron chi connectivity index (χ4n) is 4.60. The Morgan fingerprint density at radius 3 is 2.64 bits per heavy atom. The SMILES string of the molecule is CC1=CC(F)=CC2C(=O)N=C(C[C@@H](C)CC(=O)N3CCC(C(=O)c4cnn(C)c4)CC3)N=C12. The Kier molecular flexibility index (Phi) is 6.49. The van der Waals surface area contributed by atoms with Gasteiger partial charge in [0.2, 0.25) is 5.91 Å². The van der Waals surface area contributed by atoms with Crippen molar-refractivity contribution in [2.24, 2.45) is 34.8 Å². The third-order valence-electron chi connectivity index (χ3n) is 6.40. The molecule has 33 heavy (non-hydrogen) atoms. The van der Waals surface area contributed by atoms with Crippen LogP contribution in [0.3, 0.4) is 0 Å². The summed E-state index contributed by atoms with van der Waals surface area (Å²) in [6, 6.07) is 0. The molecule has 3 heterocycles. The normalized spacial score (nSPS) is 22.1. The van der Waals surface area contributed by atoms with Crippen LogP contribution < -0.4 is 0 Å². The van der Waals surface area contributed by atoms with Crippen molar-refractivity contribution in [3.05, 3.63) is 41.5 Å². The number of fused-ring (bicyclic) bond motifs is 1. The van der Waals surface area contributed by atoms with E-state index in [1.807, 2.05) is 6.92 Å². The van der Waals surface area contributed by atoms with Crippen molar-refractivity contribution in [3.8, 4) is 0 Å². The molecule has 4 rings (SSSR count). The molecule has 1 aromatic rings. The standard InChI is InChI=1S/C24H28FN5O3/c1-14(8-20-27-22-15(2)10-18(25)11-19(22)24(33)28-20)9-21(31)30-6-4-16(5-7-30)23(32)17-12-26-29(3)13-17/h10-14,16,19H,4-9H2,1-3H3/t14-,19?/m1/s1. The predicted octanol–water partition coefficient (Wildman–Crippen LogP) is 3.07. The van der Waals surface area contributed by atoms with Gasteiger partial charge in [0, 0.05) is 45.1 Å². The lowest BCUT2D eigenvalue weighted by atomic mass is 9.89. The predicted molar refractivity (Wildman–Crippen MR) is 122 cm³/mol. The summed E-state index contributed by atoms with van der Waals surface area (Å²) in [6.07, 6.45) is 7.90. The topological polar surface area (TPSA) is 97.0 Å². The van der Waals surface area contributed by atoms with E-state index >= 15 is 0 Å². The zero-order valence-electron chi connectivity index (χ0n) is 19.1. The van der Waals surface area contributed by atoms with E-state index in [2.05, 4.69) is 15.1 Å². The summed E-state index contributed by atoms with van der Waals surface area (Å²) in [5, 5.41) is 4.06. The summed E-state index contributed by atoms with van der Waals surface area (Å²) in [4.78, 5) is 48.1. The molecule has 2 aliphatic heterocycles. The number of piperidine rings is 1. The first-order valence-corrected chi connectivity index (χ1v) is 11.3. The molecule has 0 saturated carbocycles. The smallest absolute Gasteiger partial charge is 0.260 e. The average Bonchev–Trinajstić information content (AvgIpc) is 3.20. The number of nitrogens with zero attached hydrogens (tertiary/aromatic N) is 5. The zero-order chi connectivity index (χ0) is 23.7. The van der Waals surface area contributed by atoms with Gasteiger partial charge in [-0.3, -0.25) is 19.1 Å². The fourth-order valence-corrected chi connectivity index (χ4v) is 4.60. The number of rotatable bonds is 6. The Labute approximate surface area is 192 Å². The first kappa shape index (κ1) is 22.9. The summed E-state index contributed by atoms with van der Waals surface area (Å²) >= 11 is 0. The van der Waals surface area contributed by atoms with E-state index in [4.69, 9.17) is 0 Å². The summed E-state index contributed by atoms with van der Waals surface area (Å²) in [6.45, 7) is 4.75. The molecule has 0 bridgehead atoms. The second-order valence-corrected chi connectivity index (χ2v) is 9.16. The van der Waals surface area contributed by atoms with Crippen molar-refractivity contribution in [2.45, 2.75) is 39.5 Å². The van der Waals surface area contributed by atoms with E-state index in [0.717, 1.165) is 0 Å². The molecule has 0 N–H and O–H groups in total. The van der Waals surface area contributed by atoms with Crippen molar-refractivity contribution < 1.29 is 18.8 Å². The van der Waals surface area contributed by atoms with Crippen LogP contribution in [0.1, 0.15) is 49.9 Å². The number of carbonyl (C=O) groups excluding carboxylic acids is 3. The van der Waals surface area contributed by atoms with E-state index in [1.165, 1.54) is 12.2 Å². The van der Waals surface area contributed by atoms with Gasteiger partial charge in [-0.2, -0.15) is 10.1 Å². The lowest BCUT2D eigenvalue weighted by molar-refractivity contribution is -0.133. The van der Waals surface area contributed by atoms with E-state index in [-0.39, 0.29) is 23.5 Å². The van der Waals surface area contributed by atoms with Crippen molar-refractivity contribution in [1.82, 2.24) is 14.7 Å². The molecule has 2 atom stereocenters. The number of ketones is 1. The largest absolute Gasteiger partial charge is 0.343 e. The summed E-state index contributed by atoms with van der Waals surface area (Å²) < 4.78 is 15.2. The summed E-state index contributed by atoms with van der Waals surface area (Å²) in [7, 11) is 1.78. The maximum absolute atomic E-state index is 13.6. The number of amides is 2. The number of carbonyl (C=O) groups is 3. The van der Waals surface area contributed by atoms with Gasteiger partial charge in [-0.25, -0.2) is 9.38 Å². The van der Waals surface area contributed by atoms with Gasteiger partial charge in [0.1, 0.15) is 17.6 Å². The molecule has 9 heteroatoms. The molecule has 1 aromatic heterocycles. The van der Waals surface area contributed by atoms with Crippen LogP contribution in [0.2, 0.25) is 0 Å². The van der Waals surface area contributed by atoms with Crippen molar-refractivity contribution >= 4 is 29.1 Å². The maximum atomic E-state index is 13.6. The van der Waals surface area contributed by atoms with Crippen LogP contribution in [0.25, 0.3) is 0 Å². The quantitative estimate of drug-likeness (QED) is 0.619. The molecular formula is C24H28FN5O3. The Morgan fingerprint density at radius 1 is 1.24 bits per heavy atom. The van der Waals surface area contributed by atoms with Crippen LogP contribution in [0.15, 0.2) is 45.9 Å². The Balaban J connectivity index is 1.29. The highest BCUT2D eigenvalue weighted by Gasteiger charge is 2.32. The minimum absolute atomic E-state index is 0.0294. The molecule has 0 spiro atoms. The lowest BCUT2D eigenvalue weighted by Crippen LogP contribution is -2.40. The van der Waals surface area contributed by atoms with Gasteiger partial charge < -0.3 is 4.90 Å². The van der Waals surface area contributed by atoms with Crippen molar-refractivity contribution in [1.29, 1.82) is 0 Å². The number of halogens is 1. The lowest BCUT2D eigenvalue weighted by Gasteiger charge is -2.32. The molecule has 8 nitrogen and oxygen atoms in total. The third-order valence-corrected chi connectivity index (χ3v) is 6.40. The van der Waals surface area contributed by atoms with Gasteiger partial charge in [-0.1, -0.05) is 6.92 Å². The molecule has 1 saturated heterocycles. The highest BCUT2D eigenvalue weighted by Crippen LogP contribution is 2.27. The molecule has 3 aliphatic rings. The molecule has 2 amide bonds. The number of amidine groups is 1. The van der Waals surface area contributed by atoms with Crippen LogP contribution in [-0.2, 0) is 16.6 Å². The zero-order valence-corrected chi connectivity index (χ0v) is 19.1. The number of hydrogen-bond donors (Lipinski definition) is 0. The van der Waals surface area contributed by atoms with Crippen LogP contribution in [0, 0.1) is 17.8 Å². The summed E-state index contributed by atoms with van der Waals surface area (Å²) in [5.41, 5.74) is 1.77. The molecule has 0 aromatic carbocycles. The first-order chi connectivity index (χ1) is 15.7. The monoisotopic (exact) mass is 453 g/mol. The molecule has 1 aliphatic carbocycles. The Bertz CT molecular complexity index is 1110. The number of aliphatic imine (C=N–C) groups is 2. The maximum Gasteiger partial charge on any atom is 0.260 e. The molecule has 0 radical (unpaired) electrons. The van der Waals surface area contributed by atoms with Gasteiger partial charge in [-0.15, -0.1) is 0 Å².